The SMILES string of the molecule is Cc1cc(CCN)c(O)c(C(C)(C)C)c1. The van der Waals surface area contributed by atoms with Crippen LogP contribution in [0, 0.1) is 6.92 Å². The summed E-state index contributed by atoms with van der Waals surface area (Å²) in [5.74, 6) is 0.415. The third-order valence-corrected chi connectivity index (χ3v) is 2.55. The van der Waals surface area contributed by atoms with E-state index in [0.29, 0.717) is 12.3 Å². The lowest BCUT2D eigenvalue weighted by atomic mass is 9.84. The quantitative estimate of drug-likeness (QED) is 0.782. The molecule has 0 heterocycles. The third-order valence-electron chi connectivity index (χ3n) is 2.55. The van der Waals surface area contributed by atoms with E-state index in [1.165, 1.54) is 5.56 Å². The normalized spacial score (nSPS) is 11.8. The second-order valence-electron chi connectivity index (χ2n) is 5.11. The zero-order valence-corrected chi connectivity index (χ0v) is 10.1. The van der Waals surface area contributed by atoms with Gasteiger partial charge in [0.1, 0.15) is 5.75 Å². The van der Waals surface area contributed by atoms with Crippen LogP contribution in [-0.2, 0) is 11.8 Å². The first-order valence-electron chi connectivity index (χ1n) is 5.39. The topological polar surface area (TPSA) is 46.2 Å². The summed E-state index contributed by atoms with van der Waals surface area (Å²) in [6.07, 6.45) is 0.733. The van der Waals surface area contributed by atoms with Gasteiger partial charge in [0.05, 0.1) is 0 Å². The average molecular weight is 207 g/mol. The highest BCUT2D eigenvalue weighted by Gasteiger charge is 2.20. The Morgan fingerprint density at radius 2 is 1.87 bits per heavy atom. The van der Waals surface area contributed by atoms with E-state index in [0.717, 1.165) is 17.5 Å². The fourth-order valence-corrected chi connectivity index (χ4v) is 1.77. The number of nitrogens with two attached hydrogens (primary N) is 1. The van der Waals surface area contributed by atoms with Crippen molar-refractivity contribution in [3.05, 3.63) is 28.8 Å². The molecule has 0 aromatic heterocycles. The van der Waals surface area contributed by atoms with Crippen molar-refractivity contribution in [1.82, 2.24) is 0 Å². The molecule has 0 unspecified atom stereocenters. The van der Waals surface area contributed by atoms with Crippen molar-refractivity contribution in [3.63, 3.8) is 0 Å². The minimum Gasteiger partial charge on any atom is -0.507 e. The van der Waals surface area contributed by atoms with Crippen molar-refractivity contribution < 1.29 is 5.11 Å². The van der Waals surface area contributed by atoms with Gasteiger partial charge in [-0.3, -0.25) is 0 Å². The highest BCUT2D eigenvalue weighted by Crippen LogP contribution is 2.34. The van der Waals surface area contributed by atoms with Gasteiger partial charge in [0.25, 0.3) is 0 Å². The number of aromatic hydroxyl groups is 1. The van der Waals surface area contributed by atoms with Crippen molar-refractivity contribution >= 4 is 0 Å². The third kappa shape index (κ3) is 2.72. The second kappa shape index (κ2) is 4.23. The molecule has 0 saturated carbocycles. The lowest BCUT2D eigenvalue weighted by Gasteiger charge is -2.22. The smallest absolute Gasteiger partial charge is 0.122 e. The number of phenolic OH excluding ortho intramolecular Hbond substituents is 1. The van der Waals surface area contributed by atoms with Crippen LogP contribution < -0.4 is 5.73 Å². The van der Waals surface area contributed by atoms with Gasteiger partial charge < -0.3 is 10.8 Å². The molecule has 1 aromatic carbocycles. The predicted octanol–water partition coefficient (Wildman–Crippen LogP) is 2.50. The maximum Gasteiger partial charge on any atom is 0.122 e. The number of hydrogen-bond acceptors (Lipinski definition) is 2. The van der Waals surface area contributed by atoms with Crippen LogP contribution in [0.4, 0.5) is 0 Å². The van der Waals surface area contributed by atoms with Gasteiger partial charge >= 0.3 is 0 Å². The van der Waals surface area contributed by atoms with Crippen LogP contribution in [0.5, 0.6) is 5.75 Å². The summed E-state index contributed by atoms with van der Waals surface area (Å²) in [4.78, 5) is 0. The van der Waals surface area contributed by atoms with Crippen LogP contribution in [0.25, 0.3) is 0 Å². The summed E-state index contributed by atoms with van der Waals surface area (Å²) in [6.45, 7) is 8.93. The van der Waals surface area contributed by atoms with Gasteiger partial charge in [-0.15, -0.1) is 0 Å². The fraction of sp³-hybridized carbons (Fsp3) is 0.538. The first-order chi connectivity index (χ1) is 6.86. The van der Waals surface area contributed by atoms with E-state index in [9.17, 15) is 5.11 Å². The fourth-order valence-electron chi connectivity index (χ4n) is 1.77. The summed E-state index contributed by atoms with van der Waals surface area (Å²) >= 11 is 0. The van der Waals surface area contributed by atoms with Crippen molar-refractivity contribution in [2.24, 2.45) is 5.73 Å². The maximum absolute atomic E-state index is 10.1. The molecule has 0 amide bonds. The van der Waals surface area contributed by atoms with Crippen LogP contribution in [0.2, 0.25) is 0 Å². The summed E-state index contributed by atoms with van der Waals surface area (Å²) in [5.41, 5.74) is 8.65. The zero-order valence-electron chi connectivity index (χ0n) is 10.1. The Labute approximate surface area is 92.1 Å². The molecule has 0 aliphatic rings. The lowest BCUT2D eigenvalue weighted by molar-refractivity contribution is 0.440. The molecule has 0 bridgehead atoms. The van der Waals surface area contributed by atoms with Gasteiger partial charge in [0.15, 0.2) is 0 Å². The number of hydrogen-bond donors (Lipinski definition) is 2. The minimum atomic E-state index is -0.0283. The Balaban J connectivity index is 3.28. The molecule has 2 nitrogen and oxygen atoms in total. The van der Waals surface area contributed by atoms with E-state index in [1.54, 1.807) is 0 Å². The van der Waals surface area contributed by atoms with Crippen LogP contribution in [0.3, 0.4) is 0 Å². The molecule has 0 saturated heterocycles. The standard InChI is InChI=1S/C13H21NO/c1-9-7-10(5-6-14)12(15)11(8-9)13(2,3)4/h7-8,15H,5-6,14H2,1-4H3. The summed E-state index contributed by atoms with van der Waals surface area (Å²) in [5, 5.41) is 10.1. The molecule has 84 valence electrons. The Bertz CT molecular complexity index is 350. The summed E-state index contributed by atoms with van der Waals surface area (Å²) in [6, 6.07) is 4.06. The van der Waals surface area contributed by atoms with Crippen molar-refractivity contribution in [2.45, 2.75) is 39.5 Å². The number of rotatable bonds is 2. The van der Waals surface area contributed by atoms with Gasteiger partial charge in [0.2, 0.25) is 0 Å². The van der Waals surface area contributed by atoms with Crippen LogP contribution >= 0.6 is 0 Å². The Morgan fingerprint density at radius 1 is 1.27 bits per heavy atom. The number of phenols is 1. The second-order valence-corrected chi connectivity index (χ2v) is 5.11. The van der Waals surface area contributed by atoms with Crippen molar-refractivity contribution in [1.29, 1.82) is 0 Å². The van der Waals surface area contributed by atoms with E-state index in [4.69, 9.17) is 5.73 Å². The summed E-state index contributed by atoms with van der Waals surface area (Å²) < 4.78 is 0. The molecular formula is C13H21NO. The zero-order chi connectivity index (χ0) is 11.6. The molecule has 0 fully saturated rings. The van der Waals surface area contributed by atoms with Crippen LogP contribution in [0.1, 0.15) is 37.5 Å². The molecule has 1 rings (SSSR count). The Kier molecular flexibility index (Phi) is 3.40. The molecule has 0 spiro atoms. The van der Waals surface area contributed by atoms with Gasteiger partial charge in [-0.25, -0.2) is 0 Å². The molecule has 0 atom stereocenters. The van der Waals surface area contributed by atoms with Gasteiger partial charge in [-0.1, -0.05) is 38.5 Å². The van der Waals surface area contributed by atoms with Gasteiger partial charge in [-0.2, -0.15) is 0 Å². The first-order valence-corrected chi connectivity index (χ1v) is 5.39. The van der Waals surface area contributed by atoms with Crippen molar-refractivity contribution in [2.75, 3.05) is 6.54 Å². The molecule has 0 radical (unpaired) electrons. The highest BCUT2D eigenvalue weighted by atomic mass is 16.3. The van der Waals surface area contributed by atoms with E-state index in [2.05, 4.69) is 33.8 Å². The van der Waals surface area contributed by atoms with Gasteiger partial charge in [0, 0.05) is 0 Å². The van der Waals surface area contributed by atoms with E-state index < -0.39 is 0 Å². The lowest BCUT2D eigenvalue weighted by Crippen LogP contribution is -2.13. The Morgan fingerprint density at radius 3 is 2.33 bits per heavy atom. The molecule has 3 N–H and O–H groups in total. The molecule has 0 aliphatic carbocycles. The molecule has 2 heteroatoms. The minimum absolute atomic E-state index is 0.0283. The van der Waals surface area contributed by atoms with E-state index >= 15 is 0 Å². The first kappa shape index (κ1) is 12.1. The van der Waals surface area contributed by atoms with E-state index in [1.807, 2.05) is 6.07 Å². The van der Waals surface area contributed by atoms with Crippen molar-refractivity contribution in [3.8, 4) is 5.75 Å². The number of aryl methyl sites for hydroxylation is 1. The Hall–Kier alpha value is -1.02. The molecule has 1 aromatic rings. The molecule has 15 heavy (non-hydrogen) atoms. The molecule has 0 aliphatic heterocycles. The maximum atomic E-state index is 10.1. The highest BCUT2D eigenvalue weighted by molar-refractivity contribution is 5.46. The van der Waals surface area contributed by atoms with Gasteiger partial charge in [-0.05, 0) is 36.4 Å². The number of benzene rings is 1. The molecular weight excluding hydrogens is 186 g/mol. The van der Waals surface area contributed by atoms with Crippen LogP contribution in [-0.4, -0.2) is 11.7 Å². The summed E-state index contributed by atoms with van der Waals surface area (Å²) in [7, 11) is 0. The van der Waals surface area contributed by atoms with Crippen LogP contribution in [0.15, 0.2) is 12.1 Å². The monoisotopic (exact) mass is 207 g/mol. The predicted molar refractivity (Wildman–Crippen MR) is 64.3 cm³/mol. The average Bonchev–Trinajstić information content (AvgIpc) is 2.09. The van der Waals surface area contributed by atoms with E-state index in [-0.39, 0.29) is 5.41 Å². The largest absolute Gasteiger partial charge is 0.507 e.